The van der Waals surface area contributed by atoms with Crippen LogP contribution in [0.4, 0.5) is 32.0 Å². The summed E-state index contributed by atoms with van der Waals surface area (Å²) in [6.45, 7) is 0.422. The predicted octanol–water partition coefficient (Wildman–Crippen LogP) is 3.61. The Labute approximate surface area is 181 Å². The van der Waals surface area contributed by atoms with Crippen molar-refractivity contribution in [3.63, 3.8) is 0 Å². The maximum atomic E-state index is 13.0. The number of halogens is 6. The van der Waals surface area contributed by atoms with Crippen LogP contribution in [0.25, 0.3) is 0 Å². The van der Waals surface area contributed by atoms with Gasteiger partial charge in [0, 0.05) is 30.9 Å². The van der Waals surface area contributed by atoms with E-state index in [4.69, 9.17) is 12.2 Å². The molecule has 2 atom stereocenters. The van der Waals surface area contributed by atoms with Crippen molar-refractivity contribution >= 4 is 23.0 Å². The minimum atomic E-state index is -4.95. The quantitative estimate of drug-likeness (QED) is 0.359. The lowest BCUT2D eigenvalue weighted by atomic mass is 9.89. The molecule has 1 fully saturated rings. The van der Waals surface area contributed by atoms with Crippen molar-refractivity contribution < 1.29 is 36.6 Å². The highest BCUT2D eigenvalue weighted by molar-refractivity contribution is 7.80. The van der Waals surface area contributed by atoms with Crippen molar-refractivity contribution in [3.05, 3.63) is 29.3 Å². The minimum absolute atomic E-state index is 0.0560. The van der Waals surface area contributed by atoms with Crippen LogP contribution in [-0.4, -0.2) is 58.6 Å². The summed E-state index contributed by atoms with van der Waals surface area (Å²) in [6.07, 6.45) is -6.69. The monoisotopic (exact) mass is 473 g/mol. The van der Waals surface area contributed by atoms with E-state index in [1.807, 2.05) is 4.90 Å². The Balaban J connectivity index is 2.18. The Morgan fingerprint density at radius 2 is 1.45 bits per heavy atom. The Kier molecular flexibility index (Phi) is 8.92. The summed E-state index contributed by atoms with van der Waals surface area (Å²) in [5.74, 6) is 0. The zero-order valence-electron chi connectivity index (χ0n) is 16.6. The molecule has 12 heteroatoms. The summed E-state index contributed by atoms with van der Waals surface area (Å²) in [5.41, 5.74) is -3.28. The SMILES string of the molecule is OCCN(CCO)[C@@H]1CCCC[C@H]1NC(=S)Nc1cc(C(F)(F)F)cc(C(F)(F)F)c1. The van der Waals surface area contributed by atoms with Gasteiger partial charge in [-0.3, -0.25) is 4.90 Å². The van der Waals surface area contributed by atoms with E-state index in [9.17, 15) is 36.6 Å². The molecule has 1 aliphatic carbocycles. The summed E-state index contributed by atoms with van der Waals surface area (Å²) in [7, 11) is 0. The van der Waals surface area contributed by atoms with Crippen molar-refractivity contribution in [2.45, 2.75) is 50.1 Å². The van der Waals surface area contributed by atoms with E-state index in [-0.39, 0.29) is 36.5 Å². The van der Waals surface area contributed by atoms with E-state index in [2.05, 4.69) is 10.6 Å². The number of hydrogen-bond acceptors (Lipinski definition) is 4. The summed E-state index contributed by atoms with van der Waals surface area (Å²) in [4.78, 5) is 1.89. The second-order valence-corrected chi connectivity index (χ2v) is 7.74. The van der Waals surface area contributed by atoms with Crippen molar-refractivity contribution in [3.8, 4) is 0 Å². The number of aliphatic hydroxyl groups excluding tert-OH is 2. The van der Waals surface area contributed by atoms with E-state index in [0.29, 0.717) is 31.6 Å². The van der Waals surface area contributed by atoms with Gasteiger partial charge in [-0.15, -0.1) is 0 Å². The fourth-order valence-corrected chi connectivity index (χ4v) is 4.05. The molecule has 1 aromatic rings. The molecule has 176 valence electrons. The highest BCUT2D eigenvalue weighted by Gasteiger charge is 2.37. The lowest BCUT2D eigenvalue weighted by Crippen LogP contribution is -2.55. The Hall–Kier alpha value is -1.63. The Morgan fingerprint density at radius 1 is 0.935 bits per heavy atom. The number of nitrogens with one attached hydrogen (secondary N) is 2. The first kappa shape index (κ1) is 25.6. The van der Waals surface area contributed by atoms with Gasteiger partial charge in [0.2, 0.25) is 0 Å². The number of hydrogen-bond donors (Lipinski definition) is 4. The molecule has 5 nitrogen and oxygen atoms in total. The van der Waals surface area contributed by atoms with Crippen molar-refractivity contribution in [2.24, 2.45) is 0 Å². The van der Waals surface area contributed by atoms with Crippen molar-refractivity contribution in [2.75, 3.05) is 31.6 Å². The van der Waals surface area contributed by atoms with Gasteiger partial charge in [-0.05, 0) is 43.3 Å². The van der Waals surface area contributed by atoms with E-state index in [1.165, 1.54) is 0 Å². The smallest absolute Gasteiger partial charge is 0.395 e. The van der Waals surface area contributed by atoms with E-state index < -0.39 is 29.2 Å². The number of alkyl halides is 6. The van der Waals surface area contributed by atoms with Crippen LogP contribution in [0.2, 0.25) is 0 Å². The molecule has 1 aromatic carbocycles. The predicted molar refractivity (Wildman–Crippen MR) is 108 cm³/mol. The summed E-state index contributed by atoms with van der Waals surface area (Å²) in [6, 6.07) is 0.872. The van der Waals surface area contributed by atoms with Gasteiger partial charge in [0.05, 0.1) is 24.3 Å². The van der Waals surface area contributed by atoms with Crippen LogP contribution in [0.5, 0.6) is 0 Å². The topological polar surface area (TPSA) is 67.8 Å². The number of thiocarbonyl (C=S) groups is 1. The van der Waals surface area contributed by atoms with Crippen LogP contribution in [0.15, 0.2) is 18.2 Å². The molecule has 0 heterocycles. The summed E-state index contributed by atoms with van der Waals surface area (Å²) < 4.78 is 78.2. The molecule has 0 unspecified atom stereocenters. The van der Waals surface area contributed by atoms with Crippen LogP contribution in [0.1, 0.15) is 36.8 Å². The zero-order chi connectivity index (χ0) is 23.2. The molecular weight excluding hydrogens is 448 g/mol. The molecule has 4 N–H and O–H groups in total. The number of benzene rings is 1. The third kappa shape index (κ3) is 7.48. The largest absolute Gasteiger partial charge is 0.416 e. The fourth-order valence-electron chi connectivity index (χ4n) is 3.78. The zero-order valence-corrected chi connectivity index (χ0v) is 17.4. The highest BCUT2D eigenvalue weighted by Crippen LogP contribution is 2.37. The first-order valence-corrected chi connectivity index (χ1v) is 10.2. The molecule has 0 radical (unpaired) electrons. The van der Waals surface area contributed by atoms with Crippen LogP contribution in [0.3, 0.4) is 0 Å². The molecule has 1 saturated carbocycles. The van der Waals surface area contributed by atoms with Crippen LogP contribution >= 0.6 is 12.2 Å². The molecule has 1 aliphatic rings. The molecule has 31 heavy (non-hydrogen) atoms. The number of nitrogens with zero attached hydrogens (tertiary/aromatic N) is 1. The van der Waals surface area contributed by atoms with Gasteiger partial charge in [-0.1, -0.05) is 12.8 Å². The maximum absolute atomic E-state index is 13.0. The highest BCUT2D eigenvalue weighted by atomic mass is 32.1. The second-order valence-electron chi connectivity index (χ2n) is 7.33. The molecule has 0 aliphatic heterocycles. The summed E-state index contributed by atoms with van der Waals surface area (Å²) in [5, 5.41) is 23.9. The van der Waals surface area contributed by atoms with Crippen LogP contribution < -0.4 is 10.6 Å². The van der Waals surface area contributed by atoms with Gasteiger partial charge in [0.25, 0.3) is 0 Å². The third-order valence-corrected chi connectivity index (χ3v) is 5.35. The third-order valence-electron chi connectivity index (χ3n) is 5.13. The van der Waals surface area contributed by atoms with Crippen molar-refractivity contribution in [1.29, 1.82) is 0 Å². The van der Waals surface area contributed by atoms with Gasteiger partial charge in [0.1, 0.15) is 0 Å². The van der Waals surface area contributed by atoms with Gasteiger partial charge < -0.3 is 20.8 Å². The molecule has 0 aromatic heterocycles. The molecule has 0 spiro atoms. The maximum Gasteiger partial charge on any atom is 0.416 e. The fraction of sp³-hybridized carbons (Fsp3) is 0.632. The standard InChI is InChI=1S/C19H25F6N3O2S/c20-18(21,22)12-9-13(19(23,24)25)11-14(10-12)26-17(31)27-15-3-1-2-4-16(15)28(5-7-29)6-8-30/h9-11,15-16,29-30H,1-8H2,(H2,26,27,31)/t15-,16-/m1/s1. The average Bonchev–Trinajstić information content (AvgIpc) is 2.66. The Morgan fingerprint density at radius 3 is 1.94 bits per heavy atom. The number of aliphatic hydroxyl groups is 2. The van der Waals surface area contributed by atoms with Gasteiger partial charge in [-0.2, -0.15) is 26.3 Å². The Bertz CT molecular complexity index is 706. The minimum Gasteiger partial charge on any atom is -0.395 e. The first-order valence-electron chi connectivity index (χ1n) is 9.78. The molecule has 0 bridgehead atoms. The van der Waals surface area contributed by atoms with Crippen molar-refractivity contribution in [1.82, 2.24) is 10.2 Å². The molecule has 2 rings (SSSR count). The van der Waals surface area contributed by atoms with E-state index >= 15 is 0 Å². The molecule has 0 saturated heterocycles. The van der Waals surface area contributed by atoms with Crippen LogP contribution in [0, 0.1) is 0 Å². The average molecular weight is 473 g/mol. The van der Waals surface area contributed by atoms with Gasteiger partial charge in [0.15, 0.2) is 5.11 Å². The number of rotatable bonds is 7. The summed E-state index contributed by atoms with van der Waals surface area (Å²) >= 11 is 5.16. The number of anilines is 1. The van der Waals surface area contributed by atoms with Crippen LogP contribution in [-0.2, 0) is 12.4 Å². The molecule has 0 amide bonds. The van der Waals surface area contributed by atoms with E-state index in [1.54, 1.807) is 0 Å². The second kappa shape index (κ2) is 10.8. The molecular formula is C19H25F6N3O2S. The van der Waals surface area contributed by atoms with Gasteiger partial charge >= 0.3 is 12.4 Å². The van der Waals surface area contributed by atoms with Gasteiger partial charge in [-0.25, -0.2) is 0 Å². The normalized spacial score (nSPS) is 20.0. The lowest BCUT2D eigenvalue weighted by molar-refractivity contribution is -0.143. The first-order chi connectivity index (χ1) is 14.5. The van der Waals surface area contributed by atoms with E-state index in [0.717, 1.165) is 19.3 Å². The lowest BCUT2D eigenvalue weighted by Gasteiger charge is -2.40.